The van der Waals surface area contributed by atoms with Gasteiger partial charge >= 0.3 is 5.97 Å². The van der Waals surface area contributed by atoms with Gasteiger partial charge in [-0.1, -0.05) is 12.2 Å². The van der Waals surface area contributed by atoms with Gasteiger partial charge in [-0.25, -0.2) is 0 Å². The molecule has 0 aromatic heterocycles. The molecule has 0 aromatic carbocycles. The number of nitrogens with one attached hydrogen (secondary N) is 1. The second kappa shape index (κ2) is 7.11. The molecule has 6 heteroatoms. The number of thiocarbonyl (C=S) groups is 1. The third-order valence-corrected chi connectivity index (χ3v) is 1.84. The van der Waals surface area contributed by atoms with E-state index >= 15 is 0 Å². The van der Waals surface area contributed by atoms with Gasteiger partial charge in [-0.3, -0.25) is 4.79 Å². The number of aliphatic carboxylic acids is 1. The van der Waals surface area contributed by atoms with Gasteiger partial charge in [-0.15, -0.1) is 12.6 Å². The van der Waals surface area contributed by atoms with Gasteiger partial charge in [0.25, 0.3) is 0 Å². The van der Waals surface area contributed by atoms with Crippen LogP contribution in [-0.4, -0.2) is 28.0 Å². The molecule has 0 saturated carbocycles. The second-order valence-corrected chi connectivity index (χ2v) is 3.83. The predicted octanol–water partition coefficient (Wildman–Crippen LogP) is 0.373. The van der Waals surface area contributed by atoms with Crippen molar-refractivity contribution >= 4 is 35.1 Å². The van der Waals surface area contributed by atoms with Crippen molar-refractivity contribution in [3.05, 3.63) is 0 Å². The number of carboxylic acid groups (broad SMARTS) is 1. The Kier molecular flexibility index (Phi) is 6.93. The molecule has 13 heavy (non-hydrogen) atoms. The van der Waals surface area contributed by atoms with Gasteiger partial charge in [0.05, 0.1) is 0 Å². The highest BCUT2D eigenvalue weighted by molar-refractivity contribution is 8.11. The fraction of sp³-hybridized carbons (Fsp3) is 0.714. The Balaban J connectivity index is 3.26. The Morgan fingerprint density at radius 2 is 2.23 bits per heavy atom. The molecule has 0 bridgehead atoms. The summed E-state index contributed by atoms with van der Waals surface area (Å²) in [6.45, 7) is 0.717. The smallest absolute Gasteiger partial charge is 0.320 e. The largest absolute Gasteiger partial charge is 0.480 e. The van der Waals surface area contributed by atoms with Crippen LogP contribution in [0.4, 0.5) is 0 Å². The van der Waals surface area contributed by atoms with Crippen molar-refractivity contribution in [2.45, 2.75) is 25.3 Å². The third-order valence-electron chi connectivity index (χ3n) is 1.54. The van der Waals surface area contributed by atoms with Crippen LogP contribution in [-0.2, 0) is 4.79 Å². The van der Waals surface area contributed by atoms with Crippen molar-refractivity contribution in [1.82, 2.24) is 5.32 Å². The topological polar surface area (TPSA) is 75.3 Å². The Morgan fingerprint density at radius 3 is 2.69 bits per heavy atom. The fourth-order valence-corrected chi connectivity index (χ4v) is 1.02. The van der Waals surface area contributed by atoms with Crippen LogP contribution in [0.15, 0.2) is 0 Å². The molecular formula is C7H14N2O2S2. The van der Waals surface area contributed by atoms with E-state index in [9.17, 15) is 4.79 Å². The number of nitrogens with two attached hydrogens (primary N) is 1. The van der Waals surface area contributed by atoms with E-state index in [1.54, 1.807) is 0 Å². The molecule has 76 valence electrons. The summed E-state index contributed by atoms with van der Waals surface area (Å²) in [5, 5.41) is 11.3. The van der Waals surface area contributed by atoms with Gasteiger partial charge in [-0.05, 0) is 19.3 Å². The minimum atomic E-state index is -0.947. The molecule has 0 heterocycles. The number of carboxylic acids is 1. The number of thiol groups is 1. The summed E-state index contributed by atoms with van der Waals surface area (Å²) in [6.07, 6.45) is 2.12. The zero-order valence-corrected chi connectivity index (χ0v) is 8.90. The first kappa shape index (κ1) is 12.7. The highest BCUT2D eigenvalue weighted by atomic mass is 32.1. The van der Waals surface area contributed by atoms with Gasteiger partial charge in [0, 0.05) is 6.54 Å². The summed E-state index contributed by atoms with van der Waals surface area (Å²) in [7, 11) is 0. The lowest BCUT2D eigenvalue weighted by atomic mass is 10.1. The molecule has 0 amide bonds. The average Bonchev–Trinajstić information content (AvgIpc) is 2.02. The molecule has 0 spiro atoms. The van der Waals surface area contributed by atoms with Crippen LogP contribution < -0.4 is 11.1 Å². The van der Waals surface area contributed by atoms with Gasteiger partial charge in [0.2, 0.25) is 0 Å². The van der Waals surface area contributed by atoms with Gasteiger partial charge < -0.3 is 16.2 Å². The van der Waals surface area contributed by atoms with E-state index in [0.717, 1.165) is 12.8 Å². The van der Waals surface area contributed by atoms with Crippen molar-refractivity contribution < 1.29 is 9.90 Å². The Labute approximate surface area is 88.3 Å². The average molecular weight is 222 g/mol. The van der Waals surface area contributed by atoms with Crippen LogP contribution in [0.3, 0.4) is 0 Å². The molecule has 4 nitrogen and oxygen atoms in total. The maximum atomic E-state index is 10.3. The lowest BCUT2D eigenvalue weighted by Crippen LogP contribution is -2.30. The Hall–Kier alpha value is -0.330. The third kappa shape index (κ3) is 8.01. The molecule has 0 aromatic rings. The number of rotatable bonds is 6. The van der Waals surface area contributed by atoms with E-state index in [-0.39, 0.29) is 0 Å². The van der Waals surface area contributed by atoms with E-state index in [2.05, 4.69) is 30.2 Å². The van der Waals surface area contributed by atoms with Crippen LogP contribution in [0.5, 0.6) is 0 Å². The SMILES string of the molecule is NC(CCCCNC(=S)S)C(=O)O. The van der Waals surface area contributed by atoms with Gasteiger partial charge in [0.1, 0.15) is 10.4 Å². The second-order valence-electron chi connectivity index (χ2n) is 2.67. The van der Waals surface area contributed by atoms with Crippen molar-refractivity contribution in [3.8, 4) is 0 Å². The Bertz CT molecular complexity index is 187. The summed E-state index contributed by atoms with van der Waals surface area (Å²) >= 11 is 8.55. The van der Waals surface area contributed by atoms with Crippen molar-refractivity contribution in [1.29, 1.82) is 0 Å². The zero-order valence-electron chi connectivity index (χ0n) is 7.19. The number of unbranched alkanes of at least 4 members (excludes halogenated alkanes) is 1. The zero-order chi connectivity index (χ0) is 10.3. The molecule has 1 atom stereocenters. The van der Waals surface area contributed by atoms with E-state index in [1.807, 2.05) is 0 Å². The molecule has 0 fully saturated rings. The maximum absolute atomic E-state index is 10.3. The number of carbonyl (C=O) groups is 1. The van der Waals surface area contributed by atoms with Crippen LogP contribution in [0.2, 0.25) is 0 Å². The van der Waals surface area contributed by atoms with E-state index in [1.165, 1.54) is 0 Å². The van der Waals surface area contributed by atoms with E-state index in [0.29, 0.717) is 17.3 Å². The van der Waals surface area contributed by atoms with Gasteiger partial charge in [0.15, 0.2) is 0 Å². The maximum Gasteiger partial charge on any atom is 0.320 e. The summed E-state index contributed by atoms with van der Waals surface area (Å²) < 4.78 is 0.461. The van der Waals surface area contributed by atoms with Crippen LogP contribution in [0, 0.1) is 0 Å². The lowest BCUT2D eigenvalue weighted by Gasteiger charge is -2.06. The number of hydrogen-bond donors (Lipinski definition) is 4. The van der Waals surface area contributed by atoms with E-state index < -0.39 is 12.0 Å². The van der Waals surface area contributed by atoms with Crippen LogP contribution >= 0.6 is 24.8 Å². The summed E-state index contributed by atoms with van der Waals surface area (Å²) in [5.74, 6) is -0.947. The molecule has 1 unspecified atom stereocenters. The quantitative estimate of drug-likeness (QED) is 0.297. The van der Waals surface area contributed by atoms with Crippen molar-refractivity contribution in [2.75, 3.05) is 6.54 Å². The molecule has 0 radical (unpaired) electrons. The predicted molar refractivity (Wildman–Crippen MR) is 59.0 cm³/mol. The summed E-state index contributed by atoms with van der Waals surface area (Å²) in [6, 6.07) is -0.747. The molecule has 0 aliphatic carbocycles. The highest BCUT2D eigenvalue weighted by Crippen LogP contribution is 1.98. The van der Waals surface area contributed by atoms with E-state index in [4.69, 9.17) is 10.8 Å². The molecule has 0 rings (SSSR count). The molecule has 0 aliphatic rings. The molecule has 4 N–H and O–H groups in total. The first-order valence-corrected chi connectivity index (χ1v) is 4.84. The van der Waals surface area contributed by atoms with Crippen molar-refractivity contribution in [3.63, 3.8) is 0 Å². The minimum Gasteiger partial charge on any atom is -0.480 e. The molecule has 0 aliphatic heterocycles. The molecular weight excluding hydrogens is 208 g/mol. The minimum absolute atomic E-state index is 0.461. The normalized spacial score (nSPS) is 12.2. The first-order chi connectivity index (χ1) is 6.04. The lowest BCUT2D eigenvalue weighted by molar-refractivity contribution is -0.138. The summed E-state index contributed by atoms with van der Waals surface area (Å²) in [4.78, 5) is 10.3. The number of hydrogen-bond acceptors (Lipinski definition) is 3. The molecule has 0 saturated heterocycles. The van der Waals surface area contributed by atoms with Crippen molar-refractivity contribution in [2.24, 2.45) is 5.73 Å². The van der Waals surface area contributed by atoms with Gasteiger partial charge in [-0.2, -0.15) is 0 Å². The highest BCUT2D eigenvalue weighted by Gasteiger charge is 2.09. The summed E-state index contributed by atoms with van der Waals surface area (Å²) in [5.41, 5.74) is 5.30. The first-order valence-electron chi connectivity index (χ1n) is 3.99. The Morgan fingerprint density at radius 1 is 1.62 bits per heavy atom. The standard InChI is InChI=1S/C7H14N2O2S2/c8-5(6(10)11)3-1-2-4-9-7(12)13/h5H,1-4,8H2,(H,10,11)(H2,9,12,13). The monoisotopic (exact) mass is 222 g/mol. The fourth-order valence-electron chi connectivity index (χ4n) is 0.808. The van der Waals surface area contributed by atoms with Crippen LogP contribution in [0.25, 0.3) is 0 Å². The van der Waals surface area contributed by atoms with Crippen LogP contribution in [0.1, 0.15) is 19.3 Å².